The minimum atomic E-state index is -0.119. The van der Waals surface area contributed by atoms with Gasteiger partial charge >= 0.3 is 0 Å². The third kappa shape index (κ3) is 3.99. The number of carbonyl (C=O) groups excluding carboxylic acids is 1. The predicted octanol–water partition coefficient (Wildman–Crippen LogP) is 1.67. The van der Waals surface area contributed by atoms with E-state index in [4.69, 9.17) is 5.26 Å². The summed E-state index contributed by atoms with van der Waals surface area (Å²) in [4.78, 5) is 13.9. The Morgan fingerprint density at radius 3 is 2.50 bits per heavy atom. The molecule has 4 heteroatoms. The normalized spacial score (nSPS) is 22.8. The standard InChI is InChI=1S/C14H23N3O/c15-8-5-14(18)16-13-6-9-17(10-7-13)11-12-3-1-2-4-12/h12-13H,1-7,9-11H2,(H,16,18). The average Bonchev–Trinajstić information content (AvgIpc) is 2.85. The van der Waals surface area contributed by atoms with Crippen molar-refractivity contribution in [1.82, 2.24) is 10.2 Å². The van der Waals surface area contributed by atoms with Crippen molar-refractivity contribution < 1.29 is 4.79 Å². The summed E-state index contributed by atoms with van der Waals surface area (Å²) in [5, 5.41) is 11.4. The molecule has 100 valence electrons. The molecule has 1 N–H and O–H groups in total. The Bertz CT molecular complexity index is 309. The van der Waals surface area contributed by atoms with Crippen LogP contribution in [0, 0.1) is 17.2 Å². The van der Waals surface area contributed by atoms with Gasteiger partial charge in [-0.2, -0.15) is 5.26 Å². The van der Waals surface area contributed by atoms with Crippen LogP contribution in [0.2, 0.25) is 0 Å². The second-order valence-corrected chi connectivity index (χ2v) is 5.63. The molecule has 2 aliphatic rings. The lowest BCUT2D eigenvalue weighted by Gasteiger charge is -2.33. The van der Waals surface area contributed by atoms with Gasteiger partial charge in [0.15, 0.2) is 0 Å². The molecular weight excluding hydrogens is 226 g/mol. The van der Waals surface area contributed by atoms with E-state index in [0.717, 1.165) is 31.8 Å². The number of amides is 1. The van der Waals surface area contributed by atoms with Crippen molar-refractivity contribution in [2.75, 3.05) is 19.6 Å². The highest BCUT2D eigenvalue weighted by atomic mass is 16.1. The number of likely N-dealkylation sites (tertiary alicyclic amines) is 1. The number of nitriles is 1. The predicted molar refractivity (Wildman–Crippen MR) is 69.8 cm³/mol. The first-order chi connectivity index (χ1) is 8.78. The van der Waals surface area contributed by atoms with Crippen LogP contribution in [0.3, 0.4) is 0 Å². The summed E-state index contributed by atoms with van der Waals surface area (Å²) in [7, 11) is 0. The quantitative estimate of drug-likeness (QED) is 0.824. The van der Waals surface area contributed by atoms with Gasteiger partial charge in [0.25, 0.3) is 0 Å². The van der Waals surface area contributed by atoms with Gasteiger partial charge in [0.05, 0.1) is 6.07 Å². The molecule has 0 spiro atoms. The van der Waals surface area contributed by atoms with Gasteiger partial charge in [-0.25, -0.2) is 0 Å². The van der Waals surface area contributed by atoms with E-state index in [1.54, 1.807) is 0 Å². The summed E-state index contributed by atoms with van der Waals surface area (Å²) in [6.07, 6.45) is 7.67. The third-order valence-corrected chi connectivity index (χ3v) is 4.18. The van der Waals surface area contributed by atoms with Crippen LogP contribution >= 0.6 is 0 Å². The fraction of sp³-hybridized carbons (Fsp3) is 0.857. The molecule has 1 saturated carbocycles. The number of hydrogen-bond donors (Lipinski definition) is 1. The van der Waals surface area contributed by atoms with Crippen LogP contribution in [0.25, 0.3) is 0 Å². The highest BCUT2D eigenvalue weighted by molar-refractivity contribution is 5.78. The maximum atomic E-state index is 11.3. The van der Waals surface area contributed by atoms with Crippen molar-refractivity contribution in [3.8, 4) is 6.07 Å². The zero-order chi connectivity index (χ0) is 12.8. The monoisotopic (exact) mass is 249 g/mol. The van der Waals surface area contributed by atoms with Gasteiger partial charge < -0.3 is 10.2 Å². The second kappa shape index (κ2) is 6.75. The van der Waals surface area contributed by atoms with Crippen molar-refractivity contribution in [3.05, 3.63) is 0 Å². The third-order valence-electron chi connectivity index (χ3n) is 4.18. The Balaban J connectivity index is 1.64. The Hall–Kier alpha value is -1.08. The van der Waals surface area contributed by atoms with Gasteiger partial charge in [-0.15, -0.1) is 0 Å². The van der Waals surface area contributed by atoms with Crippen LogP contribution in [0.1, 0.15) is 44.9 Å². The Morgan fingerprint density at radius 1 is 1.22 bits per heavy atom. The van der Waals surface area contributed by atoms with E-state index >= 15 is 0 Å². The smallest absolute Gasteiger partial charge is 0.234 e. The summed E-state index contributed by atoms with van der Waals surface area (Å²) in [5.41, 5.74) is 0. The lowest BCUT2D eigenvalue weighted by molar-refractivity contribution is -0.121. The Labute approximate surface area is 109 Å². The van der Waals surface area contributed by atoms with Gasteiger partial charge in [0.2, 0.25) is 5.91 Å². The van der Waals surface area contributed by atoms with Crippen LogP contribution < -0.4 is 5.32 Å². The Morgan fingerprint density at radius 2 is 1.89 bits per heavy atom. The van der Waals surface area contributed by atoms with E-state index in [1.165, 1.54) is 32.2 Å². The molecule has 0 aromatic carbocycles. The molecule has 18 heavy (non-hydrogen) atoms. The summed E-state index contributed by atoms with van der Waals surface area (Å²) in [5.74, 6) is 0.793. The van der Waals surface area contributed by atoms with Gasteiger partial charge in [-0.1, -0.05) is 12.8 Å². The topological polar surface area (TPSA) is 56.1 Å². The number of nitrogens with zero attached hydrogens (tertiary/aromatic N) is 2. The fourth-order valence-electron chi connectivity index (χ4n) is 3.17. The summed E-state index contributed by atoms with van der Waals surface area (Å²) < 4.78 is 0. The lowest BCUT2D eigenvalue weighted by atomic mass is 10.0. The van der Waals surface area contributed by atoms with Gasteiger partial charge in [0.1, 0.15) is 6.42 Å². The van der Waals surface area contributed by atoms with E-state index in [-0.39, 0.29) is 18.4 Å². The molecular formula is C14H23N3O. The van der Waals surface area contributed by atoms with Crippen molar-refractivity contribution in [2.24, 2.45) is 5.92 Å². The maximum Gasteiger partial charge on any atom is 0.234 e. The van der Waals surface area contributed by atoms with E-state index in [9.17, 15) is 4.79 Å². The number of rotatable bonds is 4. The first kappa shape index (κ1) is 13.4. The van der Waals surface area contributed by atoms with Gasteiger partial charge in [-0.3, -0.25) is 4.79 Å². The van der Waals surface area contributed by atoms with Gasteiger partial charge in [0, 0.05) is 25.7 Å². The SMILES string of the molecule is N#CCC(=O)NC1CCN(CC2CCCC2)CC1. The number of carbonyl (C=O) groups is 1. The van der Waals surface area contributed by atoms with Crippen LogP contribution in [0.15, 0.2) is 0 Å². The number of piperidine rings is 1. The molecule has 1 aliphatic heterocycles. The summed E-state index contributed by atoms with van der Waals surface area (Å²) in [6, 6.07) is 2.17. The highest BCUT2D eigenvalue weighted by Gasteiger charge is 2.23. The molecule has 0 radical (unpaired) electrons. The van der Waals surface area contributed by atoms with Crippen LogP contribution in [0.4, 0.5) is 0 Å². The molecule has 0 aromatic heterocycles. The largest absolute Gasteiger partial charge is 0.352 e. The molecule has 1 saturated heterocycles. The zero-order valence-corrected chi connectivity index (χ0v) is 11.0. The molecule has 0 bridgehead atoms. The molecule has 1 heterocycles. The minimum absolute atomic E-state index is 0.0116. The van der Waals surface area contributed by atoms with Crippen molar-refractivity contribution >= 4 is 5.91 Å². The summed E-state index contributed by atoms with van der Waals surface area (Å²) >= 11 is 0. The van der Waals surface area contributed by atoms with Crippen LogP contribution in [0.5, 0.6) is 0 Å². The van der Waals surface area contributed by atoms with Crippen molar-refractivity contribution in [3.63, 3.8) is 0 Å². The van der Waals surface area contributed by atoms with Crippen molar-refractivity contribution in [1.29, 1.82) is 5.26 Å². The molecule has 1 amide bonds. The lowest BCUT2D eigenvalue weighted by Crippen LogP contribution is -2.45. The molecule has 4 nitrogen and oxygen atoms in total. The maximum absolute atomic E-state index is 11.3. The Kier molecular flexibility index (Phi) is 5.00. The second-order valence-electron chi connectivity index (χ2n) is 5.63. The molecule has 2 rings (SSSR count). The van der Waals surface area contributed by atoms with E-state index in [2.05, 4.69) is 10.2 Å². The van der Waals surface area contributed by atoms with Crippen molar-refractivity contribution in [2.45, 2.75) is 51.0 Å². The summed E-state index contributed by atoms with van der Waals surface area (Å²) in [6.45, 7) is 3.43. The molecule has 0 unspecified atom stereocenters. The highest BCUT2D eigenvalue weighted by Crippen LogP contribution is 2.26. The molecule has 2 fully saturated rings. The average molecular weight is 249 g/mol. The van der Waals surface area contributed by atoms with E-state index < -0.39 is 0 Å². The molecule has 0 aromatic rings. The molecule has 1 aliphatic carbocycles. The number of nitrogens with one attached hydrogen (secondary N) is 1. The van der Waals surface area contributed by atoms with Crippen LogP contribution in [-0.4, -0.2) is 36.5 Å². The fourth-order valence-corrected chi connectivity index (χ4v) is 3.17. The first-order valence-corrected chi connectivity index (χ1v) is 7.16. The number of hydrogen-bond acceptors (Lipinski definition) is 3. The van der Waals surface area contributed by atoms with E-state index in [1.807, 2.05) is 6.07 Å². The first-order valence-electron chi connectivity index (χ1n) is 7.16. The van der Waals surface area contributed by atoms with Gasteiger partial charge in [-0.05, 0) is 31.6 Å². The minimum Gasteiger partial charge on any atom is -0.352 e. The molecule has 0 atom stereocenters. The van der Waals surface area contributed by atoms with Crippen LogP contribution in [-0.2, 0) is 4.79 Å². The zero-order valence-electron chi connectivity index (χ0n) is 11.0. The van der Waals surface area contributed by atoms with E-state index in [0.29, 0.717) is 0 Å².